The minimum Gasteiger partial charge on any atom is -0.497 e. The Morgan fingerprint density at radius 3 is 2.88 bits per heavy atom. The van der Waals surface area contributed by atoms with E-state index in [0.717, 1.165) is 62.0 Å². The monoisotopic (exact) mass is 339 g/mol. The maximum absolute atomic E-state index is 5.42. The molecule has 3 heterocycles. The van der Waals surface area contributed by atoms with Crippen LogP contribution in [0, 0.1) is 0 Å². The molecule has 0 saturated carbocycles. The molecule has 0 N–H and O–H groups in total. The van der Waals surface area contributed by atoms with E-state index in [4.69, 9.17) is 9.47 Å². The molecule has 1 saturated heterocycles. The fourth-order valence-corrected chi connectivity index (χ4v) is 3.12. The molecule has 25 heavy (non-hydrogen) atoms. The van der Waals surface area contributed by atoms with Crippen molar-refractivity contribution in [2.45, 2.75) is 13.0 Å². The van der Waals surface area contributed by atoms with Crippen LogP contribution < -0.4 is 9.64 Å². The van der Waals surface area contributed by atoms with Gasteiger partial charge in [0.1, 0.15) is 12.1 Å². The lowest BCUT2D eigenvalue weighted by molar-refractivity contribution is 0.122. The van der Waals surface area contributed by atoms with Crippen LogP contribution in [-0.4, -0.2) is 52.9 Å². The summed E-state index contributed by atoms with van der Waals surface area (Å²) in [4.78, 5) is 15.7. The lowest BCUT2D eigenvalue weighted by atomic mass is 10.1. The molecule has 0 atom stereocenters. The SMILES string of the molecule is COc1cccc(CCn2cnc3c(N4CCOCC4)ncnc32)c1. The standard InChI is InChI=1S/C18H21N5O2/c1-24-15-4-2-3-14(11-15)5-6-23-13-21-16-17(19-12-20-18(16)23)22-7-9-25-10-8-22/h2-4,11-13H,5-10H2,1H3. The molecular weight excluding hydrogens is 318 g/mol. The van der Waals surface area contributed by atoms with Crippen LogP contribution in [0.15, 0.2) is 36.9 Å². The van der Waals surface area contributed by atoms with Gasteiger partial charge < -0.3 is 18.9 Å². The highest BCUT2D eigenvalue weighted by atomic mass is 16.5. The number of rotatable bonds is 5. The number of anilines is 1. The molecule has 130 valence electrons. The maximum Gasteiger partial charge on any atom is 0.165 e. The van der Waals surface area contributed by atoms with E-state index < -0.39 is 0 Å². The Kier molecular flexibility index (Phi) is 4.47. The van der Waals surface area contributed by atoms with Gasteiger partial charge in [0.2, 0.25) is 0 Å². The zero-order chi connectivity index (χ0) is 17.1. The topological polar surface area (TPSA) is 65.3 Å². The van der Waals surface area contributed by atoms with Gasteiger partial charge in [0.25, 0.3) is 0 Å². The van der Waals surface area contributed by atoms with E-state index >= 15 is 0 Å². The van der Waals surface area contributed by atoms with Gasteiger partial charge in [-0.1, -0.05) is 12.1 Å². The molecule has 0 radical (unpaired) electrons. The number of fused-ring (bicyclic) bond motifs is 1. The number of methoxy groups -OCH3 is 1. The third kappa shape index (κ3) is 3.28. The van der Waals surface area contributed by atoms with Gasteiger partial charge in [-0.2, -0.15) is 0 Å². The van der Waals surface area contributed by atoms with E-state index in [2.05, 4.69) is 36.6 Å². The summed E-state index contributed by atoms with van der Waals surface area (Å²) in [5.41, 5.74) is 2.96. The van der Waals surface area contributed by atoms with Crippen LogP contribution in [0.25, 0.3) is 11.2 Å². The Bertz CT molecular complexity index is 858. The number of aromatic nitrogens is 4. The summed E-state index contributed by atoms with van der Waals surface area (Å²) in [5, 5.41) is 0. The molecule has 1 aliphatic rings. The molecule has 0 aliphatic carbocycles. The molecule has 0 bridgehead atoms. The highest BCUT2D eigenvalue weighted by Gasteiger charge is 2.18. The molecule has 0 amide bonds. The summed E-state index contributed by atoms with van der Waals surface area (Å²) in [6.45, 7) is 3.93. The van der Waals surface area contributed by atoms with Gasteiger partial charge in [-0.15, -0.1) is 0 Å². The van der Waals surface area contributed by atoms with E-state index in [-0.39, 0.29) is 0 Å². The summed E-state index contributed by atoms with van der Waals surface area (Å²) in [6.07, 6.45) is 4.36. The van der Waals surface area contributed by atoms with Crippen LogP contribution in [-0.2, 0) is 17.7 Å². The number of morpholine rings is 1. The van der Waals surface area contributed by atoms with Crippen molar-refractivity contribution >= 4 is 17.0 Å². The summed E-state index contributed by atoms with van der Waals surface area (Å²) in [5.74, 6) is 1.78. The van der Waals surface area contributed by atoms with E-state index in [9.17, 15) is 0 Å². The highest BCUT2D eigenvalue weighted by Crippen LogP contribution is 2.22. The summed E-state index contributed by atoms with van der Waals surface area (Å²) < 4.78 is 12.8. The van der Waals surface area contributed by atoms with Crippen molar-refractivity contribution in [3.8, 4) is 5.75 Å². The van der Waals surface area contributed by atoms with Crippen LogP contribution in [0.1, 0.15) is 5.56 Å². The Morgan fingerprint density at radius 2 is 2.04 bits per heavy atom. The second-order valence-electron chi connectivity index (χ2n) is 6.01. The smallest absolute Gasteiger partial charge is 0.165 e. The predicted octanol–water partition coefficient (Wildman–Crippen LogP) is 1.91. The first kappa shape index (κ1) is 15.8. The normalized spacial score (nSPS) is 14.8. The summed E-state index contributed by atoms with van der Waals surface area (Å²) in [7, 11) is 1.69. The number of hydrogen-bond donors (Lipinski definition) is 0. The van der Waals surface area contributed by atoms with Gasteiger partial charge in [-0.25, -0.2) is 15.0 Å². The Balaban J connectivity index is 1.56. The molecule has 3 aromatic rings. The first-order valence-electron chi connectivity index (χ1n) is 8.46. The lowest BCUT2D eigenvalue weighted by Gasteiger charge is -2.27. The van der Waals surface area contributed by atoms with Gasteiger partial charge in [-0.3, -0.25) is 0 Å². The second-order valence-corrected chi connectivity index (χ2v) is 6.01. The third-order valence-electron chi connectivity index (χ3n) is 4.47. The molecule has 1 aromatic carbocycles. The van der Waals surface area contributed by atoms with E-state index in [1.54, 1.807) is 13.4 Å². The largest absolute Gasteiger partial charge is 0.497 e. The van der Waals surface area contributed by atoms with Gasteiger partial charge in [0, 0.05) is 19.6 Å². The maximum atomic E-state index is 5.42. The highest BCUT2D eigenvalue weighted by molar-refractivity contribution is 5.83. The van der Waals surface area contributed by atoms with Gasteiger partial charge in [0.05, 0.1) is 26.7 Å². The number of aryl methyl sites for hydroxylation is 2. The fraction of sp³-hybridized carbons (Fsp3) is 0.389. The minimum absolute atomic E-state index is 0.724. The van der Waals surface area contributed by atoms with Crippen LogP contribution in [0.3, 0.4) is 0 Å². The van der Waals surface area contributed by atoms with Gasteiger partial charge in [0.15, 0.2) is 17.0 Å². The Morgan fingerprint density at radius 1 is 1.16 bits per heavy atom. The predicted molar refractivity (Wildman–Crippen MR) is 95.1 cm³/mol. The molecular formula is C18H21N5O2. The summed E-state index contributed by atoms with van der Waals surface area (Å²) >= 11 is 0. The number of imidazole rings is 1. The average Bonchev–Trinajstić information content (AvgIpc) is 3.10. The van der Waals surface area contributed by atoms with Crippen molar-refractivity contribution in [2.75, 3.05) is 38.3 Å². The fourth-order valence-electron chi connectivity index (χ4n) is 3.12. The molecule has 2 aromatic heterocycles. The summed E-state index contributed by atoms with van der Waals surface area (Å²) in [6, 6.07) is 8.14. The lowest BCUT2D eigenvalue weighted by Crippen LogP contribution is -2.36. The molecule has 4 rings (SSSR count). The number of ether oxygens (including phenoxy) is 2. The van der Waals surface area contributed by atoms with Crippen molar-refractivity contribution in [2.24, 2.45) is 0 Å². The third-order valence-corrected chi connectivity index (χ3v) is 4.47. The molecule has 1 fully saturated rings. The van der Waals surface area contributed by atoms with Crippen molar-refractivity contribution in [1.82, 2.24) is 19.5 Å². The zero-order valence-electron chi connectivity index (χ0n) is 14.3. The molecule has 1 aliphatic heterocycles. The molecule has 7 nitrogen and oxygen atoms in total. The zero-order valence-corrected chi connectivity index (χ0v) is 14.3. The minimum atomic E-state index is 0.724. The number of hydrogen-bond acceptors (Lipinski definition) is 6. The van der Waals surface area contributed by atoms with Crippen LogP contribution in [0.2, 0.25) is 0 Å². The first-order chi connectivity index (χ1) is 12.3. The number of nitrogens with zero attached hydrogens (tertiary/aromatic N) is 5. The van der Waals surface area contributed by atoms with Crippen molar-refractivity contribution < 1.29 is 9.47 Å². The first-order valence-corrected chi connectivity index (χ1v) is 8.46. The van der Waals surface area contributed by atoms with Crippen molar-refractivity contribution in [3.05, 3.63) is 42.5 Å². The van der Waals surface area contributed by atoms with Crippen molar-refractivity contribution in [3.63, 3.8) is 0 Å². The second kappa shape index (κ2) is 7.06. The molecule has 0 unspecified atom stereocenters. The van der Waals surface area contributed by atoms with Gasteiger partial charge in [-0.05, 0) is 24.1 Å². The van der Waals surface area contributed by atoms with E-state index in [0.29, 0.717) is 0 Å². The van der Waals surface area contributed by atoms with Gasteiger partial charge >= 0.3 is 0 Å². The quantitative estimate of drug-likeness (QED) is 0.707. The Labute approximate surface area is 146 Å². The van der Waals surface area contributed by atoms with E-state index in [1.807, 2.05) is 18.5 Å². The molecule has 7 heteroatoms. The van der Waals surface area contributed by atoms with Crippen LogP contribution in [0.5, 0.6) is 5.75 Å². The number of benzene rings is 1. The van der Waals surface area contributed by atoms with Crippen LogP contribution in [0.4, 0.5) is 5.82 Å². The Hall–Kier alpha value is -2.67. The average molecular weight is 339 g/mol. The van der Waals surface area contributed by atoms with Crippen LogP contribution >= 0.6 is 0 Å². The van der Waals surface area contributed by atoms with Crippen molar-refractivity contribution in [1.29, 1.82) is 0 Å². The van der Waals surface area contributed by atoms with E-state index in [1.165, 1.54) is 5.56 Å². The molecule has 0 spiro atoms.